The topological polar surface area (TPSA) is 106 Å². The number of primary amides is 1. The van der Waals surface area contributed by atoms with E-state index in [1.54, 1.807) is 0 Å². The standard InChI is InChI=1S/C13H21N3O3S2/c1-21(18,19)11-9(14)10(12(15)17)20-13(11)16-7-5-3-2-4-6-8-16/h2-8,14H2,1H3,(H2,15,17). The van der Waals surface area contributed by atoms with Gasteiger partial charge in [0.2, 0.25) is 0 Å². The fourth-order valence-corrected chi connectivity index (χ4v) is 5.23. The van der Waals surface area contributed by atoms with Crippen LogP contribution in [-0.4, -0.2) is 33.7 Å². The van der Waals surface area contributed by atoms with Crippen LogP contribution in [0.25, 0.3) is 0 Å². The first-order chi connectivity index (χ1) is 9.82. The van der Waals surface area contributed by atoms with Gasteiger partial charge < -0.3 is 16.4 Å². The van der Waals surface area contributed by atoms with Crippen molar-refractivity contribution in [1.29, 1.82) is 0 Å². The molecule has 8 heteroatoms. The van der Waals surface area contributed by atoms with Gasteiger partial charge in [0.05, 0.1) is 5.69 Å². The van der Waals surface area contributed by atoms with Crippen molar-refractivity contribution in [2.75, 3.05) is 30.0 Å². The van der Waals surface area contributed by atoms with Gasteiger partial charge in [-0.05, 0) is 12.8 Å². The Labute approximate surface area is 129 Å². The SMILES string of the molecule is CS(=O)(=O)c1c(N2CCCCCCC2)sc(C(N)=O)c1N. The molecule has 2 rings (SSSR count). The van der Waals surface area contributed by atoms with Crippen LogP contribution in [0.2, 0.25) is 0 Å². The number of rotatable bonds is 3. The molecule has 1 amide bonds. The maximum absolute atomic E-state index is 12.1. The maximum Gasteiger partial charge on any atom is 0.261 e. The second-order valence-electron chi connectivity index (χ2n) is 5.37. The molecule has 1 saturated heterocycles. The highest BCUT2D eigenvalue weighted by Gasteiger charge is 2.29. The van der Waals surface area contributed by atoms with Crippen LogP contribution in [-0.2, 0) is 9.84 Å². The molecule has 4 N–H and O–H groups in total. The van der Waals surface area contributed by atoms with E-state index in [4.69, 9.17) is 11.5 Å². The number of hydrogen-bond acceptors (Lipinski definition) is 6. The summed E-state index contributed by atoms with van der Waals surface area (Å²) in [5.74, 6) is -0.680. The number of nitrogens with zero attached hydrogens (tertiary/aromatic N) is 1. The van der Waals surface area contributed by atoms with Crippen molar-refractivity contribution in [2.24, 2.45) is 5.73 Å². The van der Waals surface area contributed by atoms with Crippen LogP contribution in [0, 0.1) is 0 Å². The molecule has 21 heavy (non-hydrogen) atoms. The van der Waals surface area contributed by atoms with Gasteiger partial charge in [0, 0.05) is 19.3 Å². The summed E-state index contributed by atoms with van der Waals surface area (Å²) < 4.78 is 24.1. The van der Waals surface area contributed by atoms with Crippen LogP contribution in [0.15, 0.2) is 4.90 Å². The van der Waals surface area contributed by atoms with Crippen LogP contribution >= 0.6 is 11.3 Å². The number of hydrogen-bond donors (Lipinski definition) is 2. The second kappa shape index (κ2) is 6.23. The minimum absolute atomic E-state index is 0.00735. The Balaban J connectivity index is 2.50. The van der Waals surface area contributed by atoms with Gasteiger partial charge in [-0.2, -0.15) is 0 Å². The lowest BCUT2D eigenvalue weighted by Crippen LogP contribution is -2.27. The third kappa shape index (κ3) is 3.49. The molecule has 118 valence electrons. The molecule has 2 heterocycles. The summed E-state index contributed by atoms with van der Waals surface area (Å²) in [6.07, 6.45) is 6.61. The predicted octanol–water partition coefficient (Wildman–Crippen LogP) is 1.60. The molecule has 6 nitrogen and oxygen atoms in total. The van der Waals surface area contributed by atoms with Crippen molar-refractivity contribution in [3.05, 3.63) is 4.88 Å². The summed E-state index contributed by atoms with van der Waals surface area (Å²) in [5, 5.41) is 0.561. The Bertz CT molecular complexity index is 629. The van der Waals surface area contributed by atoms with E-state index < -0.39 is 15.7 Å². The minimum Gasteiger partial charge on any atom is -0.396 e. The van der Waals surface area contributed by atoms with Gasteiger partial charge in [0.1, 0.15) is 14.8 Å². The Morgan fingerprint density at radius 2 is 1.67 bits per heavy atom. The number of amides is 1. The number of carbonyl (C=O) groups excluding carboxylic acids is 1. The largest absolute Gasteiger partial charge is 0.396 e. The molecule has 0 unspecified atom stereocenters. The molecule has 0 aliphatic carbocycles. The van der Waals surface area contributed by atoms with Crippen LogP contribution in [0.1, 0.15) is 41.8 Å². The molecule has 0 aromatic carbocycles. The molecule has 1 fully saturated rings. The first-order valence-electron chi connectivity index (χ1n) is 6.99. The van der Waals surface area contributed by atoms with Crippen LogP contribution in [0.3, 0.4) is 0 Å². The second-order valence-corrected chi connectivity index (χ2v) is 8.32. The van der Waals surface area contributed by atoms with Crippen molar-refractivity contribution >= 4 is 37.8 Å². The zero-order valence-corrected chi connectivity index (χ0v) is 13.7. The van der Waals surface area contributed by atoms with Crippen molar-refractivity contribution < 1.29 is 13.2 Å². The Hall–Kier alpha value is -1.28. The third-order valence-electron chi connectivity index (χ3n) is 3.62. The summed E-state index contributed by atoms with van der Waals surface area (Å²) in [7, 11) is -3.51. The molecule has 0 radical (unpaired) electrons. The van der Waals surface area contributed by atoms with Gasteiger partial charge in [-0.25, -0.2) is 8.42 Å². The third-order valence-corrected chi connectivity index (χ3v) is 6.19. The lowest BCUT2D eigenvalue weighted by atomic mass is 10.1. The minimum atomic E-state index is -3.51. The number of nitrogen functional groups attached to an aromatic ring is 1. The van der Waals surface area contributed by atoms with E-state index in [0.717, 1.165) is 56.4 Å². The highest BCUT2D eigenvalue weighted by atomic mass is 32.2. The zero-order valence-electron chi connectivity index (χ0n) is 12.1. The smallest absolute Gasteiger partial charge is 0.261 e. The van der Waals surface area contributed by atoms with Gasteiger partial charge in [-0.1, -0.05) is 19.3 Å². The number of nitrogens with two attached hydrogens (primary N) is 2. The fraction of sp³-hybridized carbons (Fsp3) is 0.615. The highest BCUT2D eigenvalue weighted by Crippen LogP contribution is 2.41. The molecule has 0 bridgehead atoms. The summed E-state index contributed by atoms with van der Waals surface area (Å²) >= 11 is 1.09. The molecule has 0 saturated carbocycles. The molecule has 0 atom stereocenters. The van der Waals surface area contributed by atoms with Crippen molar-refractivity contribution in [3.63, 3.8) is 0 Å². The van der Waals surface area contributed by atoms with E-state index in [1.165, 1.54) is 6.42 Å². The Kier molecular flexibility index (Phi) is 4.77. The van der Waals surface area contributed by atoms with Crippen LogP contribution in [0.4, 0.5) is 10.7 Å². The highest BCUT2D eigenvalue weighted by molar-refractivity contribution is 7.91. The molecule has 0 spiro atoms. The summed E-state index contributed by atoms with van der Waals surface area (Å²) in [6, 6.07) is 0. The lowest BCUT2D eigenvalue weighted by molar-refractivity contribution is 0.100. The van der Waals surface area contributed by atoms with Gasteiger partial charge >= 0.3 is 0 Å². The van der Waals surface area contributed by atoms with E-state index in [1.807, 2.05) is 4.90 Å². The fourth-order valence-electron chi connectivity index (χ4n) is 2.62. The van der Waals surface area contributed by atoms with E-state index in [2.05, 4.69) is 0 Å². The number of anilines is 2. The summed E-state index contributed by atoms with van der Waals surface area (Å²) in [5.41, 5.74) is 11.2. The molecule has 1 aromatic rings. The van der Waals surface area contributed by atoms with Gasteiger partial charge in [-0.3, -0.25) is 4.79 Å². The normalized spacial score (nSPS) is 17.3. The molecule has 1 aliphatic heterocycles. The Morgan fingerprint density at radius 1 is 1.14 bits per heavy atom. The van der Waals surface area contributed by atoms with Gasteiger partial charge in [-0.15, -0.1) is 11.3 Å². The van der Waals surface area contributed by atoms with E-state index >= 15 is 0 Å². The number of thiophene rings is 1. The summed E-state index contributed by atoms with van der Waals surface area (Å²) in [4.78, 5) is 13.7. The van der Waals surface area contributed by atoms with Gasteiger partial charge in [0.15, 0.2) is 9.84 Å². The van der Waals surface area contributed by atoms with Crippen LogP contribution < -0.4 is 16.4 Å². The predicted molar refractivity (Wildman–Crippen MR) is 85.7 cm³/mol. The number of sulfone groups is 1. The monoisotopic (exact) mass is 331 g/mol. The Morgan fingerprint density at radius 3 is 2.14 bits per heavy atom. The van der Waals surface area contributed by atoms with Crippen molar-refractivity contribution in [2.45, 2.75) is 37.0 Å². The van der Waals surface area contributed by atoms with E-state index in [9.17, 15) is 13.2 Å². The number of carbonyl (C=O) groups is 1. The van der Waals surface area contributed by atoms with Gasteiger partial charge in [0.25, 0.3) is 5.91 Å². The average molecular weight is 331 g/mol. The van der Waals surface area contributed by atoms with Crippen molar-refractivity contribution in [3.8, 4) is 0 Å². The lowest BCUT2D eigenvalue weighted by Gasteiger charge is -2.26. The van der Waals surface area contributed by atoms with E-state index in [0.29, 0.717) is 5.00 Å². The molecular formula is C13H21N3O3S2. The zero-order chi connectivity index (χ0) is 15.6. The first kappa shape index (κ1) is 16.1. The molecular weight excluding hydrogens is 310 g/mol. The first-order valence-corrected chi connectivity index (χ1v) is 9.70. The van der Waals surface area contributed by atoms with E-state index in [-0.39, 0.29) is 15.5 Å². The maximum atomic E-state index is 12.1. The molecule has 1 aliphatic rings. The average Bonchev–Trinajstić information content (AvgIpc) is 2.66. The quantitative estimate of drug-likeness (QED) is 0.875. The molecule has 1 aromatic heterocycles. The van der Waals surface area contributed by atoms with Crippen molar-refractivity contribution in [1.82, 2.24) is 0 Å². The summed E-state index contributed by atoms with van der Waals surface area (Å²) in [6.45, 7) is 1.56. The van der Waals surface area contributed by atoms with Crippen LogP contribution in [0.5, 0.6) is 0 Å².